The minimum Gasteiger partial charge on any atom is -0.496 e. The van der Waals surface area contributed by atoms with E-state index < -0.39 is 17.3 Å². The van der Waals surface area contributed by atoms with Crippen molar-refractivity contribution in [2.45, 2.75) is 57.7 Å². The normalized spacial score (nSPS) is 15.8. The summed E-state index contributed by atoms with van der Waals surface area (Å²) < 4.78 is 24.5. The predicted molar refractivity (Wildman–Crippen MR) is 196 cm³/mol. The van der Waals surface area contributed by atoms with Gasteiger partial charge in [-0.05, 0) is 88.0 Å². The van der Waals surface area contributed by atoms with Gasteiger partial charge in [-0.3, -0.25) is 24.8 Å². The Morgan fingerprint density at radius 3 is 2.44 bits per heavy atom. The van der Waals surface area contributed by atoms with Gasteiger partial charge in [-0.15, -0.1) is 0 Å². The molecule has 5 heterocycles. The number of likely N-dealkylation sites (tertiary alicyclic amines) is 2. The summed E-state index contributed by atoms with van der Waals surface area (Å²) in [6.07, 6.45) is 5.59. The van der Waals surface area contributed by atoms with E-state index >= 15 is 0 Å². The Morgan fingerprint density at radius 1 is 1.02 bits per heavy atom. The molecule has 0 spiro atoms. The zero-order chi connectivity index (χ0) is 36.6. The lowest BCUT2D eigenvalue weighted by atomic mass is 9.89. The first-order valence-corrected chi connectivity index (χ1v) is 17.5. The van der Waals surface area contributed by atoms with Crippen molar-refractivity contribution in [2.75, 3.05) is 39.0 Å². The van der Waals surface area contributed by atoms with Gasteiger partial charge in [-0.2, -0.15) is 5.10 Å². The molecule has 12 nitrogen and oxygen atoms in total. The molecular formula is C39H43FN8O4. The number of hydrogen-bond acceptors (Lipinski definition) is 9. The lowest BCUT2D eigenvalue weighted by Crippen LogP contribution is -2.62. The number of aromatic amines is 1. The van der Waals surface area contributed by atoms with Gasteiger partial charge in [0.1, 0.15) is 17.2 Å². The summed E-state index contributed by atoms with van der Waals surface area (Å²) in [5.74, 6) is 0.107. The average Bonchev–Trinajstić information content (AvgIpc) is 3.51. The molecule has 3 aromatic heterocycles. The SMILES string of the molecule is COc1ccc(F)cc1C(=O)NCc1ccc(-c2ncc(-c3ccc(C4CCN(C5CN(C(=O)OC(C)(C)C)C5)CC4)cn3)c3[nH]nc(N)c23)cc1. The van der Waals surface area contributed by atoms with E-state index in [4.69, 9.17) is 25.2 Å². The second kappa shape index (κ2) is 14.2. The third-order valence-electron chi connectivity index (χ3n) is 9.80. The molecule has 7 rings (SSSR count). The quantitative estimate of drug-likeness (QED) is 0.173. The van der Waals surface area contributed by atoms with Crippen molar-refractivity contribution < 1.29 is 23.5 Å². The van der Waals surface area contributed by atoms with Crippen LogP contribution in [0.5, 0.6) is 5.75 Å². The zero-order valence-corrected chi connectivity index (χ0v) is 29.8. The molecule has 13 heteroatoms. The molecule has 0 aliphatic carbocycles. The van der Waals surface area contributed by atoms with E-state index in [1.165, 1.54) is 24.8 Å². The first-order chi connectivity index (χ1) is 25.0. The van der Waals surface area contributed by atoms with Crippen LogP contribution < -0.4 is 15.8 Å². The van der Waals surface area contributed by atoms with Crippen LogP contribution in [0.2, 0.25) is 0 Å². The van der Waals surface area contributed by atoms with Crippen molar-refractivity contribution in [1.82, 2.24) is 35.3 Å². The number of H-pyrrole nitrogens is 1. The number of ether oxygens (including phenoxy) is 2. The Labute approximate surface area is 301 Å². The van der Waals surface area contributed by atoms with E-state index in [-0.39, 0.29) is 18.2 Å². The van der Waals surface area contributed by atoms with Gasteiger partial charge in [-0.1, -0.05) is 30.3 Å². The summed E-state index contributed by atoms with van der Waals surface area (Å²) in [5.41, 5.74) is 11.9. The second-order valence-corrected chi connectivity index (χ2v) is 14.4. The lowest BCUT2D eigenvalue weighted by molar-refractivity contribution is -0.0196. The molecule has 2 amide bonds. The molecular weight excluding hydrogens is 663 g/mol. The Bertz CT molecular complexity index is 2080. The molecule has 2 aliphatic heterocycles. The number of methoxy groups -OCH3 is 1. The molecule has 52 heavy (non-hydrogen) atoms. The van der Waals surface area contributed by atoms with Gasteiger partial charge in [0.15, 0.2) is 5.82 Å². The number of nitrogens with two attached hydrogens (primary N) is 1. The first kappa shape index (κ1) is 34.9. The fourth-order valence-electron chi connectivity index (χ4n) is 6.94. The Morgan fingerprint density at radius 2 is 1.77 bits per heavy atom. The van der Waals surface area contributed by atoms with Crippen LogP contribution >= 0.6 is 0 Å². The van der Waals surface area contributed by atoms with Crippen LogP contribution in [0.25, 0.3) is 33.4 Å². The number of benzene rings is 2. The van der Waals surface area contributed by atoms with Crippen LogP contribution in [0.15, 0.2) is 67.0 Å². The molecule has 4 N–H and O–H groups in total. The molecule has 2 saturated heterocycles. The maximum atomic E-state index is 13.8. The summed E-state index contributed by atoms with van der Waals surface area (Å²) in [7, 11) is 1.44. The number of carbonyl (C=O) groups is 2. The van der Waals surface area contributed by atoms with E-state index in [9.17, 15) is 14.0 Å². The fraction of sp³-hybridized carbons (Fsp3) is 0.359. The van der Waals surface area contributed by atoms with Crippen LogP contribution in [0, 0.1) is 5.82 Å². The van der Waals surface area contributed by atoms with E-state index in [1.807, 2.05) is 57.3 Å². The number of nitrogens with zero attached hydrogens (tertiary/aromatic N) is 5. The largest absolute Gasteiger partial charge is 0.496 e. The monoisotopic (exact) mass is 706 g/mol. The number of carbonyl (C=O) groups excluding carboxylic acids is 2. The third kappa shape index (κ3) is 7.26. The molecule has 2 fully saturated rings. The number of anilines is 1. The Kier molecular flexibility index (Phi) is 9.54. The average molecular weight is 707 g/mol. The van der Waals surface area contributed by atoms with E-state index in [0.29, 0.717) is 34.6 Å². The first-order valence-electron chi connectivity index (χ1n) is 17.5. The molecule has 0 bridgehead atoms. The Balaban J connectivity index is 0.983. The lowest BCUT2D eigenvalue weighted by Gasteiger charge is -2.47. The number of pyridine rings is 2. The molecule has 0 saturated carbocycles. The number of hydrogen-bond donors (Lipinski definition) is 3. The second-order valence-electron chi connectivity index (χ2n) is 14.4. The van der Waals surface area contributed by atoms with Crippen LogP contribution in [0.1, 0.15) is 61.0 Å². The van der Waals surface area contributed by atoms with Gasteiger partial charge < -0.3 is 25.4 Å². The molecule has 0 unspecified atom stereocenters. The van der Waals surface area contributed by atoms with Gasteiger partial charge in [0.25, 0.3) is 5.91 Å². The summed E-state index contributed by atoms with van der Waals surface area (Å²) >= 11 is 0. The van der Waals surface area contributed by atoms with Crippen LogP contribution in [0.3, 0.4) is 0 Å². The van der Waals surface area contributed by atoms with Gasteiger partial charge in [0, 0.05) is 49.2 Å². The molecule has 5 aromatic rings. The van der Waals surface area contributed by atoms with E-state index in [2.05, 4.69) is 26.5 Å². The third-order valence-corrected chi connectivity index (χ3v) is 9.80. The summed E-state index contributed by atoms with van der Waals surface area (Å²) in [6, 6.07) is 16.0. The van der Waals surface area contributed by atoms with Crippen LogP contribution in [-0.2, 0) is 11.3 Å². The minimum absolute atomic E-state index is 0.130. The van der Waals surface area contributed by atoms with Crippen molar-refractivity contribution in [3.05, 3.63) is 89.5 Å². The number of halogens is 1. The fourth-order valence-corrected chi connectivity index (χ4v) is 6.94. The van der Waals surface area contributed by atoms with Crippen molar-refractivity contribution in [3.63, 3.8) is 0 Å². The molecule has 0 atom stereocenters. The highest BCUT2D eigenvalue weighted by molar-refractivity contribution is 6.05. The summed E-state index contributed by atoms with van der Waals surface area (Å²) in [6.45, 7) is 9.32. The van der Waals surface area contributed by atoms with Crippen LogP contribution in [-0.4, -0.2) is 86.9 Å². The summed E-state index contributed by atoms with van der Waals surface area (Å²) in [5, 5.41) is 10.9. The smallest absolute Gasteiger partial charge is 0.410 e. The van der Waals surface area contributed by atoms with Crippen molar-refractivity contribution in [3.8, 4) is 28.3 Å². The maximum absolute atomic E-state index is 13.8. The van der Waals surface area contributed by atoms with Gasteiger partial charge in [-0.25, -0.2) is 9.18 Å². The number of aromatic nitrogens is 4. The van der Waals surface area contributed by atoms with E-state index in [0.717, 1.165) is 73.0 Å². The number of piperidine rings is 1. The van der Waals surface area contributed by atoms with Crippen LogP contribution in [0.4, 0.5) is 15.0 Å². The highest BCUT2D eigenvalue weighted by Gasteiger charge is 2.38. The zero-order valence-electron chi connectivity index (χ0n) is 29.8. The number of fused-ring (bicyclic) bond motifs is 1. The molecule has 2 aliphatic rings. The number of nitrogens with one attached hydrogen (secondary N) is 2. The standard InChI is InChI=1S/C39H43FN8O4/c1-39(2,3)52-38(50)48-21-28(22-48)47-15-13-24(14-16-47)26-9-11-31(42-19-26)30-20-43-34(33-35(30)45-46-36(33)41)25-7-5-23(6-8-25)18-44-37(49)29-17-27(40)10-12-32(29)51-4/h5-12,17,19-20,24,28H,13-16,18,21-22H2,1-4H3,(H,44,49)(H3,41,45,46). The molecule has 2 aromatic carbocycles. The summed E-state index contributed by atoms with van der Waals surface area (Å²) in [4.78, 5) is 39.0. The van der Waals surface area contributed by atoms with Crippen molar-refractivity contribution in [2.24, 2.45) is 0 Å². The number of amides is 2. The van der Waals surface area contributed by atoms with Gasteiger partial charge in [0.2, 0.25) is 0 Å². The van der Waals surface area contributed by atoms with Gasteiger partial charge in [0.05, 0.1) is 35.0 Å². The highest BCUT2D eigenvalue weighted by Crippen LogP contribution is 2.36. The van der Waals surface area contributed by atoms with Crippen molar-refractivity contribution in [1.29, 1.82) is 0 Å². The molecule has 0 radical (unpaired) electrons. The minimum atomic E-state index is -0.515. The number of nitrogen functional groups attached to an aromatic ring is 1. The number of rotatable bonds is 8. The Hall–Kier alpha value is -5.56. The topological polar surface area (TPSA) is 152 Å². The predicted octanol–water partition coefficient (Wildman–Crippen LogP) is 6.15. The highest BCUT2D eigenvalue weighted by atomic mass is 19.1. The molecule has 270 valence electrons. The van der Waals surface area contributed by atoms with E-state index in [1.54, 1.807) is 11.1 Å². The van der Waals surface area contributed by atoms with Crippen molar-refractivity contribution >= 4 is 28.7 Å². The maximum Gasteiger partial charge on any atom is 0.410 e. The van der Waals surface area contributed by atoms with Gasteiger partial charge >= 0.3 is 6.09 Å².